The molecule has 0 radical (unpaired) electrons. The number of urea groups is 1. The lowest BCUT2D eigenvalue weighted by molar-refractivity contribution is 0.188. The summed E-state index contributed by atoms with van der Waals surface area (Å²) in [5.41, 5.74) is 9.26. The van der Waals surface area contributed by atoms with Crippen molar-refractivity contribution in [1.82, 2.24) is 30.3 Å². The van der Waals surface area contributed by atoms with E-state index in [1.54, 1.807) is 0 Å². The van der Waals surface area contributed by atoms with E-state index in [-0.39, 0.29) is 12.1 Å². The number of nitrogens with one attached hydrogen (secondary N) is 2. The van der Waals surface area contributed by atoms with Crippen molar-refractivity contribution in [3.63, 3.8) is 0 Å². The summed E-state index contributed by atoms with van der Waals surface area (Å²) >= 11 is 0. The van der Waals surface area contributed by atoms with Gasteiger partial charge in [0.2, 0.25) is 0 Å². The number of carbonyl (C=O) groups excluding carboxylic acids is 1. The number of likely N-dealkylation sites (tertiary alicyclic amines) is 1. The summed E-state index contributed by atoms with van der Waals surface area (Å²) in [6.45, 7) is 10.5. The van der Waals surface area contributed by atoms with Crippen LogP contribution < -0.4 is 5.32 Å². The van der Waals surface area contributed by atoms with Crippen molar-refractivity contribution >= 4 is 6.03 Å². The second-order valence-electron chi connectivity index (χ2n) is 9.43. The van der Waals surface area contributed by atoms with Gasteiger partial charge in [-0.15, -0.1) is 0 Å². The van der Waals surface area contributed by atoms with E-state index in [0.717, 1.165) is 60.7 Å². The number of hydrogen-bond donors (Lipinski definition) is 2. The number of rotatable bonds is 4. The minimum atomic E-state index is 0.0256. The summed E-state index contributed by atoms with van der Waals surface area (Å²) in [4.78, 5) is 21.8. The summed E-state index contributed by atoms with van der Waals surface area (Å²) < 4.78 is 0. The smallest absolute Gasteiger partial charge is 0.317 e. The number of H-pyrrole nitrogens is 1. The summed E-state index contributed by atoms with van der Waals surface area (Å²) in [7, 11) is 0. The minimum Gasteiger partial charge on any atom is -0.334 e. The van der Waals surface area contributed by atoms with Crippen molar-refractivity contribution < 1.29 is 4.79 Å². The molecular weight excluding hydrogens is 412 g/mol. The number of aromatic nitrogens is 3. The molecule has 172 valence electrons. The first-order chi connectivity index (χ1) is 16.0. The van der Waals surface area contributed by atoms with Crippen molar-refractivity contribution in [1.29, 1.82) is 0 Å². The predicted octanol–water partition coefficient (Wildman–Crippen LogP) is 3.74. The molecule has 1 fully saturated rings. The Hall–Kier alpha value is -3.19. The van der Waals surface area contributed by atoms with Crippen molar-refractivity contribution in [3.05, 3.63) is 70.2 Å². The zero-order valence-corrected chi connectivity index (χ0v) is 19.7. The highest BCUT2D eigenvalue weighted by molar-refractivity contribution is 5.76. The molecule has 0 saturated carbocycles. The van der Waals surface area contributed by atoms with Gasteiger partial charge in [0.05, 0.1) is 12.2 Å². The molecule has 33 heavy (non-hydrogen) atoms. The van der Waals surface area contributed by atoms with Crippen LogP contribution in [-0.4, -0.2) is 56.7 Å². The van der Waals surface area contributed by atoms with E-state index in [1.165, 1.54) is 16.7 Å². The standard InChI is InChI=1S/C26H32N6O/c1-17-5-4-6-18(2)22(17)15-31-11-8-21(14-31)28-26(33)32-12-9-24-23(16-32)25(30-29-24)20-7-10-27-19(3)13-20/h4-7,10,13,21H,8-9,11-12,14-16H2,1-3H3,(H,28,33)(H,29,30)/t21-/m1/s1. The molecule has 2 aromatic heterocycles. The molecule has 7 nitrogen and oxygen atoms in total. The molecule has 1 aromatic carbocycles. The molecule has 4 heterocycles. The Morgan fingerprint density at radius 1 is 1.18 bits per heavy atom. The van der Waals surface area contributed by atoms with Gasteiger partial charge in [-0.05, 0) is 56.0 Å². The first-order valence-electron chi connectivity index (χ1n) is 11.8. The van der Waals surface area contributed by atoms with Gasteiger partial charge in [-0.1, -0.05) is 18.2 Å². The van der Waals surface area contributed by atoms with Crippen LogP contribution >= 0.6 is 0 Å². The van der Waals surface area contributed by atoms with Crippen molar-refractivity contribution in [2.45, 2.75) is 52.7 Å². The highest BCUT2D eigenvalue weighted by Gasteiger charge is 2.29. The first kappa shape index (κ1) is 21.6. The van der Waals surface area contributed by atoms with Gasteiger partial charge in [-0.3, -0.25) is 15.0 Å². The Bertz CT molecular complexity index is 1150. The fourth-order valence-electron chi connectivity index (χ4n) is 5.08. The van der Waals surface area contributed by atoms with Gasteiger partial charge in [0.25, 0.3) is 0 Å². The molecule has 7 heteroatoms. The number of aryl methyl sites for hydroxylation is 3. The molecule has 0 unspecified atom stereocenters. The summed E-state index contributed by atoms with van der Waals surface area (Å²) in [5.74, 6) is 0. The van der Waals surface area contributed by atoms with E-state index in [4.69, 9.17) is 0 Å². The van der Waals surface area contributed by atoms with Crippen LogP contribution in [0.4, 0.5) is 4.79 Å². The van der Waals surface area contributed by atoms with Gasteiger partial charge in [-0.2, -0.15) is 5.10 Å². The van der Waals surface area contributed by atoms with Gasteiger partial charge in [0, 0.05) is 67.4 Å². The SMILES string of the molecule is Cc1cc(-c2n[nH]c3c2CN(C(=O)N[C@@H]2CCN(Cc4c(C)cccc4C)C2)CC3)ccn1. The van der Waals surface area contributed by atoms with Gasteiger partial charge < -0.3 is 10.2 Å². The fourth-order valence-corrected chi connectivity index (χ4v) is 5.08. The number of aromatic amines is 1. The van der Waals surface area contributed by atoms with Crippen LogP contribution in [-0.2, 0) is 19.5 Å². The monoisotopic (exact) mass is 444 g/mol. The average Bonchev–Trinajstić information content (AvgIpc) is 3.42. The van der Waals surface area contributed by atoms with Crippen LogP contribution in [0.5, 0.6) is 0 Å². The summed E-state index contributed by atoms with van der Waals surface area (Å²) in [5, 5.41) is 11.0. The van der Waals surface area contributed by atoms with E-state index < -0.39 is 0 Å². The topological polar surface area (TPSA) is 77.2 Å². The van der Waals surface area contributed by atoms with Crippen molar-refractivity contribution in [2.24, 2.45) is 0 Å². The van der Waals surface area contributed by atoms with Crippen LogP contribution in [0.1, 0.15) is 40.1 Å². The molecule has 3 aromatic rings. The lowest BCUT2D eigenvalue weighted by Crippen LogP contribution is -2.47. The Labute approximate surface area is 195 Å². The molecule has 1 saturated heterocycles. The first-order valence-corrected chi connectivity index (χ1v) is 11.8. The zero-order chi connectivity index (χ0) is 22.9. The van der Waals surface area contributed by atoms with Crippen LogP contribution in [0.2, 0.25) is 0 Å². The number of pyridine rings is 1. The zero-order valence-electron chi connectivity index (χ0n) is 19.7. The third-order valence-corrected chi connectivity index (χ3v) is 7.02. The van der Waals surface area contributed by atoms with Gasteiger partial charge in [0.1, 0.15) is 0 Å². The van der Waals surface area contributed by atoms with E-state index >= 15 is 0 Å². The van der Waals surface area contributed by atoms with E-state index in [9.17, 15) is 4.79 Å². The molecule has 2 N–H and O–H groups in total. The molecule has 0 aliphatic carbocycles. The van der Waals surface area contributed by atoms with Crippen LogP contribution in [0.3, 0.4) is 0 Å². The second kappa shape index (κ2) is 8.98. The maximum atomic E-state index is 13.1. The van der Waals surface area contributed by atoms with Gasteiger partial charge in [-0.25, -0.2) is 4.79 Å². The molecule has 2 amide bonds. The maximum absolute atomic E-state index is 13.1. The number of hydrogen-bond acceptors (Lipinski definition) is 4. The van der Waals surface area contributed by atoms with Crippen LogP contribution in [0, 0.1) is 20.8 Å². The number of nitrogens with zero attached hydrogens (tertiary/aromatic N) is 4. The van der Waals surface area contributed by atoms with E-state index in [1.807, 2.05) is 30.2 Å². The largest absolute Gasteiger partial charge is 0.334 e. The molecular formula is C26H32N6O. The Kier molecular flexibility index (Phi) is 5.89. The number of benzene rings is 1. The number of fused-ring (bicyclic) bond motifs is 1. The van der Waals surface area contributed by atoms with Crippen LogP contribution in [0.25, 0.3) is 11.3 Å². The van der Waals surface area contributed by atoms with E-state index in [0.29, 0.717) is 13.1 Å². The molecule has 5 rings (SSSR count). The quantitative estimate of drug-likeness (QED) is 0.643. The lowest BCUT2D eigenvalue weighted by Gasteiger charge is -2.29. The highest BCUT2D eigenvalue weighted by atomic mass is 16.2. The summed E-state index contributed by atoms with van der Waals surface area (Å²) in [6, 6.07) is 10.7. The number of amides is 2. The van der Waals surface area contributed by atoms with Crippen molar-refractivity contribution in [2.75, 3.05) is 19.6 Å². The van der Waals surface area contributed by atoms with Crippen molar-refractivity contribution in [3.8, 4) is 11.3 Å². The molecule has 1 atom stereocenters. The van der Waals surface area contributed by atoms with E-state index in [2.05, 4.69) is 57.4 Å². The fraction of sp³-hybridized carbons (Fsp3) is 0.423. The van der Waals surface area contributed by atoms with Gasteiger partial charge >= 0.3 is 6.03 Å². The molecule has 2 aliphatic rings. The van der Waals surface area contributed by atoms with Gasteiger partial charge in [0.15, 0.2) is 0 Å². The summed E-state index contributed by atoms with van der Waals surface area (Å²) in [6.07, 6.45) is 3.59. The normalized spacial score (nSPS) is 18.4. The van der Waals surface area contributed by atoms with Crippen LogP contribution in [0.15, 0.2) is 36.5 Å². The highest BCUT2D eigenvalue weighted by Crippen LogP contribution is 2.28. The number of carbonyl (C=O) groups is 1. The maximum Gasteiger partial charge on any atom is 0.317 e. The Morgan fingerprint density at radius 3 is 2.79 bits per heavy atom. The predicted molar refractivity (Wildman–Crippen MR) is 129 cm³/mol. The third-order valence-electron chi connectivity index (χ3n) is 7.02. The second-order valence-corrected chi connectivity index (χ2v) is 9.43. The Morgan fingerprint density at radius 2 is 2.00 bits per heavy atom. The average molecular weight is 445 g/mol. The third kappa shape index (κ3) is 4.50. The lowest BCUT2D eigenvalue weighted by atomic mass is 10.0. The molecule has 0 spiro atoms. The molecule has 0 bridgehead atoms. The minimum absolute atomic E-state index is 0.0256. The molecule has 2 aliphatic heterocycles. The Balaban J connectivity index is 1.21.